The van der Waals surface area contributed by atoms with Crippen LogP contribution in [-0.2, 0) is 19.6 Å². The van der Waals surface area contributed by atoms with Gasteiger partial charge >= 0.3 is 5.97 Å². The smallest absolute Gasteiger partial charge is 0.322 e. The van der Waals surface area contributed by atoms with E-state index in [0.29, 0.717) is 11.3 Å². The summed E-state index contributed by atoms with van der Waals surface area (Å²) in [5, 5.41) is 9.46. The number of aryl methyl sites for hydroxylation is 1. The van der Waals surface area contributed by atoms with E-state index < -0.39 is 21.7 Å². The summed E-state index contributed by atoms with van der Waals surface area (Å²) in [6, 6.07) is 4.44. The molecule has 0 bridgehead atoms. The zero-order valence-electron chi connectivity index (χ0n) is 11.1. The second-order valence-electron chi connectivity index (χ2n) is 3.97. The van der Waals surface area contributed by atoms with E-state index in [1.54, 1.807) is 19.9 Å². The molecule has 0 heterocycles. The third-order valence-electron chi connectivity index (χ3n) is 2.61. The predicted octanol–water partition coefficient (Wildman–Crippen LogP) is 1.03. The molecule has 0 spiro atoms. The summed E-state index contributed by atoms with van der Waals surface area (Å²) in [6.45, 7) is 3.53. The van der Waals surface area contributed by atoms with E-state index in [-0.39, 0.29) is 12.3 Å². The van der Waals surface area contributed by atoms with Crippen LogP contribution in [0.2, 0.25) is 0 Å². The maximum Gasteiger partial charge on any atom is 0.322 e. The Labute approximate surface area is 112 Å². The van der Waals surface area contributed by atoms with Crippen LogP contribution in [0.3, 0.4) is 0 Å². The minimum atomic E-state index is -3.83. The number of benzene rings is 1. The molecule has 0 aliphatic carbocycles. The van der Waals surface area contributed by atoms with Crippen LogP contribution in [0.5, 0.6) is 5.75 Å². The fourth-order valence-electron chi connectivity index (χ4n) is 1.67. The van der Waals surface area contributed by atoms with E-state index in [1.807, 2.05) is 0 Å². The summed E-state index contributed by atoms with van der Waals surface area (Å²) in [4.78, 5) is 11.2. The highest BCUT2D eigenvalue weighted by Crippen LogP contribution is 2.27. The second kappa shape index (κ2) is 5.92. The molecule has 0 radical (unpaired) electrons. The van der Waals surface area contributed by atoms with Crippen molar-refractivity contribution in [1.82, 2.24) is 0 Å². The Hall–Kier alpha value is -1.76. The average molecular weight is 287 g/mol. The highest BCUT2D eigenvalue weighted by atomic mass is 32.2. The number of ether oxygens (including phenoxy) is 1. The molecule has 1 aromatic rings. The Bertz CT molecular complexity index is 567. The summed E-state index contributed by atoms with van der Waals surface area (Å²) >= 11 is 0. The van der Waals surface area contributed by atoms with Crippen molar-refractivity contribution in [2.24, 2.45) is 0 Å². The Morgan fingerprint density at radius 3 is 2.58 bits per heavy atom. The number of carbonyl (C=O) groups excluding carboxylic acids is 1. The molecular weight excluding hydrogens is 270 g/mol. The number of hydrogen-bond donors (Lipinski definition) is 1. The molecule has 0 aliphatic heterocycles. The molecule has 7 heteroatoms. The van der Waals surface area contributed by atoms with Gasteiger partial charge in [-0.3, -0.25) is 9.10 Å². The number of rotatable bonds is 5. The number of esters is 1. The molecule has 1 rings (SSSR count). The van der Waals surface area contributed by atoms with Crippen molar-refractivity contribution in [2.45, 2.75) is 13.8 Å². The summed E-state index contributed by atoms with van der Waals surface area (Å²) in [5.74, 6) is -1.59. The van der Waals surface area contributed by atoms with Gasteiger partial charge < -0.3 is 9.84 Å². The van der Waals surface area contributed by atoms with Crippen LogP contribution in [0.15, 0.2) is 18.2 Å². The maximum atomic E-state index is 12.1. The van der Waals surface area contributed by atoms with Crippen molar-refractivity contribution >= 4 is 21.7 Å². The van der Waals surface area contributed by atoms with Crippen molar-refractivity contribution in [3.05, 3.63) is 23.8 Å². The van der Waals surface area contributed by atoms with Gasteiger partial charge in [0.1, 0.15) is 5.75 Å². The third-order valence-corrected chi connectivity index (χ3v) is 4.34. The summed E-state index contributed by atoms with van der Waals surface area (Å²) < 4.78 is 29.7. The molecule has 106 valence electrons. The topological polar surface area (TPSA) is 83.9 Å². The van der Waals surface area contributed by atoms with Crippen LogP contribution in [0, 0.1) is 6.92 Å². The molecule has 1 aromatic carbocycles. The first kappa shape index (κ1) is 15.3. The van der Waals surface area contributed by atoms with Gasteiger partial charge in [-0.15, -0.1) is 0 Å². The van der Waals surface area contributed by atoms with Crippen molar-refractivity contribution < 1.29 is 23.1 Å². The standard InChI is InChI=1S/C12H17NO5S/c1-4-13(19(16,17)8-12(15)18-3)11-7-10(14)6-5-9(11)2/h5-7,14H,4,8H2,1-3H3. The lowest BCUT2D eigenvalue weighted by Crippen LogP contribution is -2.36. The number of sulfonamides is 1. The van der Waals surface area contributed by atoms with Gasteiger partial charge in [0.25, 0.3) is 0 Å². The minimum Gasteiger partial charge on any atom is -0.508 e. The third kappa shape index (κ3) is 3.60. The minimum absolute atomic E-state index is 0.0349. The van der Waals surface area contributed by atoms with Gasteiger partial charge in [-0.25, -0.2) is 8.42 Å². The Morgan fingerprint density at radius 2 is 2.05 bits per heavy atom. The van der Waals surface area contributed by atoms with Crippen LogP contribution >= 0.6 is 0 Å². The zero-order chi connectivity index (χ0) is 14.6. The fraction of sp³-hybridized carbons (Fsp3) is 0.417. The molecule has 0 atom stereocenters. The molecule has 6 nitrogen and oxygen atoms in total. The summed E-state index contributed by atoms with van der Waals surface area (Å²) in [6.07, 6.45) is 0. The van der Waals surface area contributed by atoms with Gasteiger partial charge in [0, 0.05) is 12.6 Å². The van der Waals surface area contributed by atoms with Gasteiger partial charge in [-0.05, 0) is 25.5 Å². The van der Waals surface area contributed by atoms with Gasteiger partial charge in [0.2, 0.25) is 10.0 Å². The van der Waals surface area contributed by atoms with Crippen molar-refractivity contribution in [3.8, 4) is 5.75 Å². The lowest BCUT2D eigenvalue weighted by molar-refractivity contribution is -0.137. The first-order valence-electron chi connectivity index (χ1n) is 5.68. The molecule has 0 aromatic heterocycles. The predicted molar refractivity (Wildman–Crippen MR) is 71.7 cm³/mol. The number of aromatic hydroxyl groups is 1. The Morgan fingerprint density at radius 1 is 1.42 bits per heavy atom. The van der Waals surface area contributed by atoms with Gasteiger partial charge in [0.05, 0.1) is 12.8 Å². The molecule has 0 amide bonds. The van der Waals surface area contributed by atoms with Crippen LogP contribution in [-0.4, -0.2) is 38.9 Å². The monoisotopic (exact) mass is 287 g/mol. The number of nitrogens with zero attached hydrogens (tertiary/aromatic N) is 1. The van der Waals surface area contributed by atoms with E-state index in [2.05, 4.69) is 4.74 Å². The molecule has 0 saturated heterocycles. The molecule has 0 fully saturated rings. The SMILES string of the molecule is CCN(c1cc(O)ccc1C)S(=O)(=O)CC(=O)OC. The molecule has 0 saturated carbocycles. The quantitative estimate of drug-likeness (QED) is 0.818. The van der Waals surface area contributed by atoms with Crippen molar-refractivity contribution in [1.29, 1.82) is 0 Å². The van der Waals surface area contributed by atoms with E-state index in [1.165, 1.54) is 12.1 Å². The number of carbonyl (C=O) groups is 1. The van der Waals surface area contributed by atoms with Crippen LogP contribution in [0.1, 0.15) is 12.5 Å². The largest absolute Gasteiger partial charge is 0.508 e. The van der Waals surface area contributed by atoms with E-state index in [9.17, 15) is 18.3 Å². The van der Waals surface area contributed by atoms with E-state index in [4.69, 9.17) is 0 Å². The van der Waals surface area contributed by atoms with Crippen molar-refractivity contribution in [2.75, 3.05) is 23.7 Å². The fourth-order valence-corrected chi connectivity index (χ4v) is 3.13. The number of phenolic OH excluding ortho intramolecular Hbond substituents is 1. The molecule has 19 heavy (non-hydrogen) atoms. The number of methoxy groups -OCH3 is 1. The van der Waals surface area contributed by atoms with Gasteiger partial charge in [0.15, 0.2) is 5.75 Å². The normalized spacial score (nSPS) is 11.1. The van der Waals surface area contributed by atoms with Crippen LogP contribution in [0.4, 0.5) is 5.69 Å². The van der Waals surface area contributed by atoms with Crippen LogP contribution < -0.4 is 4.31 Å². The Kier molecular flexibility index (Phi) is 4.77. The number of phenols is 1. The number of anilines is 1. The lowest BCUT2D eigenvalue weighted by Gasteiger charge is -2.24. The molecular formula is C12H17NO5S. The maximum absolute atomic E-state index is 12.1. The molecule has 0 unspecified atom stereocenters. The van der Waals surface area contributed by atoms with Crippen molar-refractivity contribution in [3.63, 3.8) is 0 Å². The van der Waals surface area contributed by atoms with Gasteiger partial charge in [-0.1, -0.05) is 6.07 Å². The Balaban J connectivity index is 3.20. The lowest BCUT2D eigenvalue weighted by atomic mass is 10.2. The summed E-state index contributed by atoms with van der Waals surface area (Å²) in [5.41, 5.74) is 1.04. The highest BCUT2D eigenvalue weighted by Gasteiger charge is 2.26. The second-order valence-corrected chi connectivity index (χ2v) is 5.86. The highest BCUT2D eigenvalue weighted by molar-refractivity contribution is 7.93. The first-order chi connectivity index (χ1) is 8.81. The molecule has 1 N–H and O–H groups in total. The average Bonchev–Trinajstić information content (AvgIpc) is 2.33. The number of hydrogen-bond acceptors (Lipinski definition) is 5. The first-order valence-corrected chi connectivity index (χ1v) is 7.29. The summed E-state index contributed by atoms with van der Waals surface area (Å²) in [7, 11) is -2.70. The van der Waals surface area contributed by atoms with E-state index in [0.717, 1.165) is 11.4 Å². The van der Waals surface area contributed by atoms with Crippen LogP contribution in [0.25, 0.3) is 0 Å². The zero-order valence-corrected chi connectivity index (χ0v) is 11.9. The van der Waals surface area contributed by atoms with Gasteiger partial charge in [-0.2, -0.15) is 0 Å². The molecule has 0 aliphatic rings. The van der Waals surface area contributed by atoms with E-state index >= 15 is 0 Å².